The van der Waals surface area contributed by atoms with E-state index in [9.17, 15) is 5.11 Å². The maximum Gasteiger partial charge on any atom is 0.226 e. The van der Waals surface area contributed by atoms with Crippen LogP contribution in [0.15, 0.2) is 65.3 Å². The maximum absolute atomic E-state index is 9.57. The van der Waals surface area contributed by atoms with Gasteiger partial charge < -0.3 is 19.4 Å². The van der Waals surface area contributed by atoms with Gasteiger partial charge in [0.05, 0.1) is 29.4 Å². The number of aliphatic hydroxyl groups is 1. The number of para-hydroxylation sites is 2. The van der Waals surface area contributed by atoms with Gasteiger partial charge in [0.25, 0.3) is 0 Å². The van der Waals surface area contributed by atoms with Gasteiger partial charge in [-0.25, -0.2) is 9.97 Å². The molecule has 4 rings (SSSR count). The number of nitrogens with zero attached hydrogens (tertiary/aromatic N) is 3. The molecule has 0 bridgehead atoms. The van der Waals surface area contributed by atoms with Crippen molar-refractivity contribution in [3.63, 3.8) is 0 Å². The van der Waals surface area contributed by atoms with Crippen molar-refractivity contribution in [3.05, 3.63) is 66.6 Å². The smallest absolute Gasteiger partial charge is 0.226 e. The van der Waals surface area contributed by atoms with Crippen LogP contribution in [-0.4, -0.2) is 32.3 Å². The molecule has 0 fully saturated rings. The standard InChI is InChI=1S/C20H20N4O2/c1-14(25)11-21-20-23-17-9-5-6-10-18(17)24(20)12-16-13-26-19(22-16)15-7-3-2-4-8-15/h2-10,13-14,25H,11-12H2,1H3,(H,21,23)/t14-/m1/s1. The Labute approximate surface area is 151 Å². The predicted molar refractivity (Wildman–Crippen MR) is 101 cm³/mol. The molecule has 2 aromatic heterocycles. The quantitative estimate of drug-likeness (QED) is 0.557. The summed E-state index contributed by atoms with van der Waals surface area (Å²) < 4.78 is 7.69. The second kappa shape index (κ2) is 7.01. The molecule has 4 aromatic rings. The normalized spacial score (nSPS) is 12.4. The minimum absolute atomic E-state index is 0.428. The highest BCUT2D eigenvalue weighted by molar-refractivity contribution is 5.78. The number of nitrogens with one attached hydrogen (secondary N) is 1. The number of imidazole rings is 1. The summed E-state index contributed by atoms with van der Waals surface area (Å²) in [4.78, 5) is 9.23. The van der Waals surface area contributed by atoms with Gasteiger partial charge in [0.2, 0.25) is 11.8 Å². The second-order valence-electron chi connectivity index (χ2n) is 6.25. The molecule has 0 aliphatic rings. The highest BCUT2D eigenvalue weighted by Crippen LogP contribution is 2.23. The largest absolute Gasteiger partial charge is 0.444 e. The van der Waals surface area contributed by atoms with E-state index in [1.54, 1.807) is 13.2 Å². The lowest BCUT2D eigenvalue weighted by molar-refractivity contribution is 0.208. The summed E-state index contributed by atoms with van der Waals surface area (Å²) in [5, 5.41) is 12.8. The minimum Gasteiger partial charge on any atom is -0.444 e. The van der Waals surface area contributed by atoms with Crippen LogP contribution in [0.3, 0.4) is 0 Å². The van der Waals surface area contributed by atoms with Crippen molar-refractivity contribution in [2.24, 2.45) is 0 Å². The Hall–Kier alpha value is -3.12. The van der Waals surface area contributed by atoms with Crippen LogP contribution in [0.2, 0.25) is 0 Å². The average Bonchev–Trinajstić information content (AvgIpc) is 3.26. The van der Waals surface area contributed by atoms with E-state index < -0.39 is 6.10 Å². The number of aromatic nitrogens is 3. The predicted octanol–water partition coefficient (Wildman–Crippen LogP) is 3.53. The third-order valence-electron chi connectivity index (χ3n) is 4.10. The minimum atomic E-state index is -0.458. The fourth-order valence-electron chi connectivity index (χ4n) is 2.86. The topological polar surface area (TPSA) is 76.1 Å². The van der Waals surface area contributed by atoms with Gasteiger partial charge in [0.15, 0.2) is 0 Å². The lowest BCUT2D eigenvalue weighted by Crippen LogP contribution is -2.18. The van der Waals surface area contributed by atoms with Gasteiger partial charge in [-0.05, 0) is 31.2 Å². The zero-order chi connectivity index (χ0) is 17.9. The van der Waals surface area contributed by atoms with E-state index >= 15 is 0 Å². The van der Waals surface area contributed by atoms with Crippen LogP contribution in [0.5, 0.6) is 0 Å². The molecule has 0 aliphatic carbocycles. The van der Waals surface area contributed by atoms with Crippen molar-refractivity contribution in [3.8, 4) is 11.5 Å². The Kier molecular flexibility index (Phi) is 4.41. The van der Waals surface area contributed by atoms with E-state index in [1.165, 1.54) is 0 Å². The molecular formula is C20H20N4O2. The Morgan fingerprint density at radius 3 is 2.65 bits per heavy atom. The van der Waals surface area contributed by atoms with Crippen molar-refractivity contribution in [2.75, 3.05) is 11.9 Å². The number of hydrogen-bond donors (Lipinski definition) is 2. The SMILES string of the molecule is C[C@@H](O)CNc1nc2ccccc2n1Cc1coc(-c2ccccc2)n1. The molecule has 0 unspecified atom stereocenters. The van der Waals surface area contributed by atoms with Crippen molar-refractivity contribution < 1.29 is 9.52 Å². The molecule has 0 saturated heterocycles. The fourth-order valence-corrected chi connectivity index (χ4v) is 2.86. The van der Waals surface area contributed by atoms with Crippen molar-refractivity contribution in [1.82, 2.24) is 14.5 Å². The molecule has 2 N–H and O–H groups in total. The van der Waals surface area contributed by atoms with Gasteiger partial charge in [0.1, 0.15) is 6.26 Å². The Bertz CT molecular complexity index is 1010. The molecule has 0 saturated carbocycles. The first kappa shape index (κ1) is 16.4. The van der Waals surface area contributed by atoms with Gasteiger partial charge >= 0.3 is 0 Å². The van der Waals surface area contributed by atoms with E-state index in [0.29, 0.717) is 24.9 Å². The Balaban J connectivity index is 1.66. The molecule has 0 aliphatic heterocycles. The summed E-state index contributed by atoms with van der Waals surface area (Å²) in [5.41, 5.74) is 3.66. The van der Waals surface area contributed by atoms with Crippen LogP contribution in [0, 0.1) is 0 Å². The zero-order valence-corrected chi connectivity index (χ0v) is 14.5. The zero-order valence-electron chi connectivity index (χ0n) is 14.5. The van der Waals surface area contributed by atoms with Crippen LogP contribution in [0.4, 0.5) is 5.95 Å². The molecule has 2 heterocycles. The molecule has 6 heteroatoms. The molecule has 0 radical (unpaired) electrons. The first-order valence-corrected chi connectivity index (χ1v) is 8.58. The summed E-state index contributed by atoms with van der Waals surface area (Å²) in [5.74, 6) is 1.31. The number of benzene rings is 2. The number of hydrogen-bond acceptors (Lipinski definition) is 5. The first-order chi connectivity index (χ1) is 12.7. The fraction of sp³-hybridized carbons (Fsp3) is 0.200. The summed E-state index contributed by atoms with van der Waals surface area (Å²) >= 11 is 0. The average molecular weight is 348 g/mol. The third-order valence-corrected chi connectivity index (χ3v) is 4.10. The molecule has 2 aromatic carbocycles. The molecule has 6 nitrogen and oxygen atoms in total. The highest BCUT2D eigenvalue weighted by Gasteiger charge is 2.14. The lowest BCUT2D eigenvalue weighted by atomic mass is 10.2. The molecule has 26 heavy (non-hydrogen) atoms. The molecule has 0 amide bonds. The van der Waals surface area contributed by atoms with Gasteiger partial charge in [-0.15, -0.1) is 0 Å². The van der Waals surface area contributed by atoms with Crippen LogP contribution >= 0.6 is 0 Å². The van der Waals surface area contributed by atoms with Gasteiger partial charge in [-0.3, -0.25) is 0 Å². The molecule has 0 spiro atoms. The summed E-state index contributed by atoms with van der Waals surface area (Å²) in [6.45, 7) is 2.69. The number of anilines is 1. The van der Waals surface area contributed by atoms with E-state index in [0.717, 1.165) is 22.3 Å². The number of oxazole rings is 1. The number of rotatable bonds is 6. The first-order valence-electron chi connectivity index (χ1n) is 8.58. The summed E-state index contributed by atoms with van der Waals surface area (Å²) in [6.07, 6.45) is 1.22. The van der Waals surface area contributed by atoms with E-state index in [2.05, 4.69) is 15.3 Å². The van der Waals surface area contributed by atoms with Crippen LogP contribution < -0.4 is 5.32 Å². The van der Waals surface area contributed by atoms with E-state index in [1.807, 2.05) is 59.2 Å². The number of aliphatic hydroxyl groups excluding tert-OH is 1. The molecular weight excluding hydrogens is 328 g/mol. The lowest BCUT2D eigenvalue weighted by Gasteiger charge is -2.10. The summed E-state index contributed by atoms with van der Waals surface area (Å²) in [6, 6.07) is 17.8. The van der Waals surface area contributed by atoms with E-state index in [-0.39, 0.29) is 0 Å². The van der Waals surface area contributed by atoms with Crippen molar-refractivity contribution >= 4 is 17.0 Å². The molecule has 1 atom stereocenters. The molecule has 132 valence electrons. The van der Waals surface area contributed by atoms with E-state index in [4.69, 9.17) is 4.42 Å². The van der Waals surface area contributed by atoms with Crippen molar-refractivity contribution in [1.29, 1.82) is 0 Å². The van der Waals surface area contributed by atoms with Gasteiger partial charge in [-0.2, -0.15) is 0 Å². The second-order valence-corrected chi connectivity index (χ2v) is 6.25. The van der Waals surface area contributed by atoms with Crippen LogP contribution in [-0.2, 0) is 6.54 Å². The Morgan fingerprint density at radius 1 is 1.08 bits per heavy atom. The van der Waals surface area contributed by atoms with Crippen LogP contribution in [0.25, 0.3) is 22.5 Å². The maximum atomic E-state index is 9.57. The highest BCUT2D eigenvalue weighted by atomic mass is 16.3. The monoisotopic (exact) mass is 348 g/mol. The van der Waals surface area contributed by atoms with Gasteiger partial charge in [0, 0.05) is 12.1 Å². The van der Waals surface area contributed by atoms with Crippen LogP contribution in [0.1, 0.15) is 12.6 Å². The number of fused-ring (bicyclic) bond motifs is 1. The Morgan fingerprint density at radius 2 is 1.85 bits per heavy atom. The third kappa shape index (κ3) is 3.32. The van der Waals surface area contributed by atoms with Crippen molar-refractivity contribution in [2.45, 2.75) is 19.6 Å². The summed E-state index contributed by atoms with van der Waals surface area (Å²) in [7, 11) is 0. The van der Waals surface area contributed by atoms with Gasteiger partial charge in [-0.1, -0.05) is 30.3 Å².